The molecule has 0 radical (unpaired) electrons. The Hall–Kier alpha value is -3.12. The molecule has 4 amide bonds. The van der Waals surface area contributed by atoms with Crippen LogP contribution in [0, 0.1) is 23.2 Å². The van der Waals surface area contributed by atoms with Gasteiger partial charge >= 0.3 is 12.3 Å². The number of rotatable bonds is 12. The molecule has 10 nitrogen and oxygen atoms in total. The highest BCUT2D eigenvalue weighted by Crippen LogP contribution is 2.65. The van der Waals surface area contributed by atoms with Gasteiger partial charge in [-0.2, -0.15) is 13.2 Å². The van der Waals surface area contributed by atoms with Gasteiger partial charge in [0.2, 0.25) is 17.6 Å². The summed E-state index contributed by atoms with van der Waals surface area (Å²) in [5.74, 6) is -3.72. The monoisotopic (exact) mass is 628 g/mol. The van der Waals surface area contributed by atoms with Crippen LogP contribution in [0.5, 0.6) is 0 Å². The Morgan fingerprint density at radius 3 is 2.25 bits per heavy atom. The van der Waals surface area contributed by atoms with E-state index in [4.69, 9.17) is 4.74 Å². The third-order valence-electron chi connectivity index (χ3n) is 9.04. The second-order valence-electron chi connectivity index (χ2n) is 13.8. The summed E-state index contributed by atoms with van der Waals surface area (Å²) in [5.41, 5.74) is -1.09. The summed E-state index contributed by atoms with van der Waals surface area (Å²) in [6.07, 6.45) is -1.73. The number of carbonyl (C=O) groups excluding carboxylic acids is 5. The number of alkyl carbamates (subject to hydrolysis) is 1. The van der Waals surface area contributed by atoms with E-state index in [2.05, 4.69) is 22.5 Å². The third kappa shape index (κ3) is 8.97. The number of alkyl halides is 3. The summed E-state index contributed by atoms with van der Waals surface area (Å²) in [7, 11) is 0. The molecule has 3 rings (SSSR count). The molecule has 44 heavy (non-hydrogen) atoms. The Kier molecular flexibility index (Phi) is 11.2. The van der Waals surface area contributed by atoms with Gasteiger partial charge in [0, 0.05) is 19.5 Å². The zero-order chi connectivity index (χ0) is 33.0. The van der Waals surface area contributed by atoms with Crippen molar-refractivity contribution in [3.05, 3.63) is 12.7 Å². The van der Waals surface area contributed by atoms with Crippen LogP contribution in [-0.4, -0.2) is 77.5 Å². The molecule has 0 aromatic rings. The predicted molar refractivity (Wildman–Crippen MR) is 156 cm³/mol. The molecule has 1 heterocycles. The Morgan fingerprint density at radius 1 is 1.05 bits per heavy atom. The number of likely N-dealkylation sites (tertiary alicyclic amines) is 1. The van der Waals surface area contributed by atoms with Gasteiger partial charge in [-0.1, -0.05) is 39.2 Å². The summed E-state index contributed by atoms with van der Waals surface area (Å²) in [6, 6.07) is -3.47. The second kappa shape index (κ2) is 13.9. The lowest BCUT2D eigenvalue weighted by molar-refractivity contribution is -0.145. The van der Waals surface area contributed by atoms with Gasteiger partial charge in [0.1, 0.15) is 17.7 Å². The Labute approximate surface area is 257 Å². The zero-order valence-electron chi connectivity index (χ0n) is 26.4. The van der Waals surface area contributed by atoms with Gasteiger partial charge in [-0.3, -0.25) is 19.2 Å². The fraction of sp³-hybridized carbons (Fsp3) is 0.774. The van der Waals surface area contributed by atoms with Crippen molar-refractivity contribution < 1.29 is 41.9 Å². The topological polar surface area (TPSA) is 134 Å². The number of ether oxygens (including phenoxy) is 1. The smallest absolute Gasteiger partial charge is 0.408 e. The van der Waals surface area contributed by atoms with E-state index in [1.165, 1.54) is 11.0 Å². The van der Waals surface area contributed by atoms with Crippen molar-refractivity contribution in [3.63, 3.8) is 0 Å². The average molecular weight is 629 g/mol. The van der Waals surface area contributed by atoms with E-state index in [1.54, 1.807) is 20.8 Å². The molecule has 0 bridgehead atoms. The van der Waals surface area contributed by atoms with Crippen molar-refractivity contribution in [2.24, 2.45) is 23.2 Å². The van der Waals surface area contributed by atoms with Crippen LogP contribution in [0.2, 0.25) is 0 Å². The van der Waals surface area contributed by atoms with Crippen molar-refractivity contribution in [1.29, 1.82) is 0 Å². The van der Waals surface area contributed by atoms with E-state index >= 15 is 0 Å². The van der Waals surface area contributed by atoms with Gasteiger partial charge in [-0.25, -0.2) is 4.79 Å². The minimum absolute atomic E-state index is 0.0222. The predicted octanol–water partition coefficient (Wildman–Crippen LogP) is 4.03. The van der Waals surface area contributed by atoms with Crippen LogP contribution in [0.25, 0.3) is 0 Å². The van der Waals surface area contributed by atoms with Crippen molar-refractivity contribution in [2.75, 3.05) is 13.1 Å². The lowest BCUT2D eigenvalue weighted by Crippen LogP contribution is -2.59. The highest BCUT2D eigenvalue weighted by molar-refractivity contribution is 6.38. The molecule has 3 fully saturated rings. The molecule has 13 heteroatoms. The van der Waals surface area contributed by atoms with Crippen LogP contribution >= 0.6 is 0 Å². The van der Waals surface area contributed by atoms with Gasteiger partial charge < -0.3 is 25.6 Å². The number of nitrogens with one attached hydrogen (secondary N) is 3. The summed E-state index contributed by atoms with van der Waals surface area (Å²) in [5, 5.41) is 7.59. The Morgan fingerprint density at radius 2 is 1.68 bits per heavy atom. The van der Waals surface area contributed by atoms with Crippen molar-refractivity contribution in [3.8, 4) is 0 Å². The summed E-state index contributed by atoms with van der Waals surface area (Å²) in [6.45, 7) is 12.7. The minimum Gasteiger partial charge on any atom is -0.444 e. The first-order valence-corrected chi connectivity index (χ1v) is 15.5. The fourth-order valence-electron chi connectivity index (χ4n) is 6.72. The van der Waals surface area contributed by atoms with Crippen LogP contribution in [0.1, 0.15) is 86.0 Å². The minimum atomic E-state index is -4.47. The van der Waals surface area contributed by atoms with Gasteiger partial charge in [0.25, 0.3) is 5.91 Å². The number of Topliss-reactive ketones (excluding diaryl/α,β-unsaturated/α-hetero) is 1. The Balaban J connectivity index is 1.85. The molecule has 2 saturated carbocycles. The summed E-state index contributed by atoms with van der Waals surface area (Å²) in [4.78, 5) is 67.7. The molecule has 2 aliphatic carbocycles. The van der Waals surface area contributed by atoms with Crippen LogP contribution in [-0.2, 0) is 23.9 Å². The molecule has 1 unspecified atom stereocenters. The van der Waals surface area contributed by atoms with Crippen LogP contribution in [0.4, 0.5) is 18.0 Å². The molecule has 0 aromatic carbocycles. The van der Waals surface area contributed by atoms with E-state index in [9.17, 15) is 37.1 Å². The molecule has 3 aliphatic rings. The average Bonchev–Trinajstić information content (AvgIpc) is 3.24. The normalized spacial score (nSPS) is 24.4. The Bertz CT molecular complexity index is 1110. The van der Waals surface area contributed by atoms with Crippen molar-refractivity contribution in [1.82, 2.24) is 20.9 Å². The van der Waals surface area contributed by atoms with E-state index in [0.717, 1.165) is 19.3 Å². The number of halogens is 3. The van der Waals surface area contributed by atoms with Crippen molar-refractivity contribution >= 4 is 29.6 Å². The SMILES string of the molecule is C=CCNC(=O)C(=O)C(CCCC(F)(F)F)NC(=O)[C@@H]1[C@@H]2[C@H](CN1C(=O)[C@@H](NC(=O)OC(C)(C)C)C1CCCCC1)C2(C)C. The number of amides is 4. The molecule has 1 aliphatic heterocycles. The molecular weight excluding hydrogens is 581 g/mol. The van der Waals surface area contributed by atoms with E-state index in [0.29, 0.717) is 12.8 Å². The number of carbonyl (C=O) groups is 5. The number of hydrogen-bond acceptors (Lipinski definition) is 6. The van der Waals surface area contributed by atoms with Crippen LogP contribution < -0.4 is 16.0 Å². The maximum atomic E-state index is 14.2. The van der Waals surface area contributed by atoms with E-state index in [-0.39, 0.29) is 36.3 Å². The molecular formula is C31H47F3N4O6. The molecule has 0 aromatic heterocycles. The number of fused-ring (bicyclic) bond motifs is 1. The van der Waals surface area contributed by atoms with Gasteiger partial charge in [-0.05, 0) is 69.6 Å². The first kappa shape index (κ1) is 35.4. The standard InChI is InChI=1S/C31H47F3N4O6/c1-7-16-35-26(41)24(39)20(14-11-15-31(32,33)34)36-25(40)23-21-19(30(21,5)6)17-38(23)27(42)22(18-12-9-8-10-13-18)37-28(43)44-29(2,3)4/h7,18-23H,1,8-17H2,2-6H3,(H,35,41)(H,36,40)(H,37,43)/t19-,20?,21-,22-,23-/m0/s1. The number of ketones is 1. The third-order valence-corrected chi connectivity index (χ3v) is 9.04. The van der Waals surface area contributed by atoms with E-state index < -0.39 is 78.8 Å². The van der Waals surface area contributed by atoms with Gasteiger partial charge in [0.15, 0.2) is 0 Å². The lowest BCUT2D eigenvalue weighted by Gasteiger charge is -2.37. The number of piperidine rings is 1. The first-order valence-electron chi connectivity index (χ1n) is 15.5. The molecule has 3 N–H and O–H groups in total. The zero-order valence-corrected chi connectivity index (χ0v) is 26.4. The number of hydrogen-bond donors (Lipinski definition) is 3. The van der Waals surface area contributed by atoms with Crippen LogP contribution in [0.3, 0.4) is 0 Å². The highest BCUT2D eigenvalue weighted by atomic mass is 19.4. The van der Waals surface area contributed by atoms with Crippen LogP contribution in [0.15, 0.2) is 12.7 Å². The summed E-state index contributed by atoms with van der Waals surface area (Å²) < 4.78 is 44.1. The number of nitrogens with zero attached hydrogens (tertiary/aromatic N) is 1. The lowest BCUT2D eigenvalue weighted by atomic mass is 9.83. The maximum Gasteiger partial charge on any atom is 0.408 e. The second-order valence-corrected chi connectivity index (χ2v) is 13.8. The van der Waals surface area contributed by atoms with Gasteiger partial charge in [0.05, 0.1) is 6.04 Å². The highest BCUT2D eigenvalue weighted by Gasteiger charge is 2.69. The maximum absolute atomic E-state index is 14.2. The molecule has 248 valence electrons. The quantitative estimate of drug-likeness (QED) is 0.221. The fourth-order valence-corrected chi connectivity index (χ4v) is 6.72. The van der Waals surface area contributed by atoms with E-state index in [1.807, 2.05) is 13.8 Å². The summed E-state index contributed by atoms with van der Waals surface area (Å²) >= 11 is 0. The van der Waals surface area contributed by atoms with Crippen molar-refractivity contribution in [2.45, 2.75) is 116 Å². The first-order chi connectivity index (χ1) is 20.4. The molecule has 1 saturated heterocycles. The largest absolute Gasteiger partial charge is 0.444 e. The molecule has 0 spiro atoms. The molecule has 5 atom stereocenters. The van der Waals surface area contributed by atoms with Gasteiger partial charge in [-0.15, -0.1) is 6.58 Å².